The fraction of sp³-hybridized carbons (Fsp3) is 0.395. The van der Waals surface area contributed by atoms with E-state index in [1.807, 2.05) is 0 Å². The van der Waals surface area contributed by atoms with Crippen molar-refractivity contribution in [1.29, 1.82) is 0 Å². The number of fused-ring (bicyclic) bond motifs is 6. The number of nitrogens with zero attached hydrogens (tertiary/aromatic N) is 2. The van der Waals surface area contributed by atoms with Crippen LogP contribution < -0.4 is 11.5 Å². The zero-order chi connectivity index (χ0) is 47.8. The van der Waals surface area contributed by atoms with Gasteiger partial charge in [-0.05, 0) is 71.7 Å². The standard InChI is InChI=1S/C22H24N2O8.C21H21ClN2O8/c1-21(31)8-5-4-6-11(25)12(8)16(26)13-9(21)7-10-15(24(2)3)17(27)14(20(23)30)19(29)22(10,32)18(13)28;1-24(2)14-7-5-6-10(16(27)12-9(25)4-3-8(22)11(12)15(6)26)18(29)21(7,32)19(30)13(17(14)28)20(23)31/h4-6,9-10,15,25-26,29,31-32H,7H2,1-3H3,(H2,23,30);3-4,6-7,14-15,25-27,30,32H,5H2,1-2H3,(H2,23,31)/t9-,10-,15-,21+,22-;6-,7-,14-,15-,21-/m00/s1. The number of phenolic OH excluding ortho intramolecular Hbond substituents is 2. The lowest BCUT2D eigenvalue weighted by Gasteiger charge is -2.53. The first kappa shape index (κ1) is 45.9. The number of amides is 2. The van der Waals surface area contributed by atoms with Gasteiger partial charge in [-0.3, -0.25) is 38.6 Å². The molecular weight excluding hydrogens is 864 g/mol. The summed E-state index contributed by atoms with van der Waals surface area (Å²) in [6.45, 7) is 1.40. The van der Waals surface area contributed by atoms with Gasteiger partial charge in [0, 0.05) is 45.4 Å². The maximum Gasteiger partial charge on any atom is 0.255 e. The van der Waals surface area contributed by atoms with Crippen molar-refractivity contribution in [3.05, 3.63) is 91.4 Å². The van der Waals surface area contributed by atoms with E-state index in [4.69, 9.17) is 23.1 Å². The van der Waals surface area contributed by atoms with Crippen molar-refractivity contribution < 1.29 is 79.8 Å². The number of carbonyl (C=O) groups is 6. The van der Waals surface area contributed by atoms with Crippen LogP contribution in [-0.2, 0) is 34.4 Å². The smallest absolute Gasteiger partial charge is 0.255 e. The van der Waals surface area contributed by atoms with Crippen LogP contribution in [0.25, 0.3) is 11.5 Å². The summed E-state index contributed by atoms with van der Waals surface area (Å²) in [5, 5.41) is 109. The number of aliphatic hydroxyl groups excluding tert-OH is 5. The normalized spacial score (nSPS) is 33.2. The van der Waals surface area contributed by atoms with Crippen LogP contribution in [0, 0.1) is 23.7 Å². The van der Waals surface area contributed by atoms with Gasteiger partial charge < -0.3 is 62.5 Å². The van der Waals surface area contributed by atoms with Crippen LogP contribution in [0.1, 0.15) is 48.1 Å². The summed E-state index contributed by atoms with van der Waals surface area (Å²) < 4.78 is 0. The van der Waals surface area contributed by atoms with Crippen LogP contribution in [0.4, 0.5) is 0 Å². The Balaban J connectivity index is 0.000000191. The van der Waals surface area contributed by atoms with Crippen molar-refractivity contribution in [2.24, 2.45) is 35.1 Å². The van der Waals surface area contributed by atoms with E-state index in [0.29, 0.717) is 0 Å². The molecule has 0 saturated heterocycles. The number of aromatic hydroxyl groups is 2. The lowest BCUT2D eigenvalue weighted by molar-refractivity contribution is -0.159. The Hall–Kier alpha value is -6.13. The molecule has 2 amide bonds. The van der Waals surface area contributed by atoms with Crippen molar-refractivity contribution in [2.75, 3.05) is 28.2 Å². The number of hydrogen-bond donors (Lipinski definition) is 12. The lowest BCUT2D eigenvalue weighted by atomic mass is 9.54. The third-order valence-electron chi connectivity index (χ3n) is 13.7. The van der Waals surface area contributed by atoms with Crippen molar-refractivity contribution in [3.8, 4) is 11.5 Å². The molecule has 8 rings (SSSR count). The molecule has 14 N–H and O–H groups in total. The van der Waals surface area contributed by atoms with Crippen LogP contribution >= 0.6 is 11.6 Å². The summed E-state index contributed by atoms with van der Waals surface area (Å²) in [5.41, 5.74) is 0.297. The molecule has 64 heavy (non-hydrogen) atoms. The molecule has 0 radical (unpaired) electrons. The molecule has 6 aliphatic carbocycles. The minimum absolute atomic E-state index is 0.00251. The number of aliphatic hydroxyl groups is 8. The molecular formula is C43H45ClN4O16. The Kier molecular flexibility index (Phi) is 10.7. The minimum Gasteiger partial charge on any atom is -0.508 e. The van der Waals surface area contributed by atoms with E-state index in [1.54, 1.807) is 0 Å². The number of hydrogen-bond acceptors (Lipinski definition) is 18. The number of phenols is 2. The fourth-order valence-corrected chi connectivity index (χ4v) is 11.0. The Morgan fingerprint density at radius 1 is 0.688 bits per heavy atom. The largest absolute Gasteiger partial charge is 0.508 e. The van der Waals surface area contributed by atoms with Crippen LogP contribution in [0.5, 0.6) is 11.5 Å². The third-order valence-corrected chi connectivity index (χ3v) is 14.0. The number of likely N-dealkylation sites (N-methyl/N-ethyl adjacent to an activating group) is 2. The van der Waals surface area contributed by atoms with E-state index in [0.717, 1.165) is 0 Å². The molecule has 20 nitrogen and oxygen atoms in total. The van der Waals surface area contributed by atoms with Crippen LogP contribution in [0.3, 0.4) is 0 Å². The van der Waals surface area contributed by atoms with Crippen LogP contribution in [-0.4, -0.2) is 147 Å². The predicted molar refractivity (Wildman–Crippen MR) is 221 cm³/mol. The van der Waals surface area contributed by atoms with Gasteiger partial charge in [-0.25, -0.2) is 0 Å². The lowest BCUT2D eigenvalue weighted by Crippen LogP contribution is -2.67. The summed E-state index contributed by atoms with van der Waals surface area (Å²) in [7, 11) is 5.98. The van der Waals surface area contributed by atoms with Gasteiger partial charge in [0.25, 0.3) is 11.8 Å². The average molecular weight is 909 g/mol. The molecule has 340 valence electrons. The number of Topliss-reactive ketones (excluding diaryl/α,β-unsaturated/α-hetero) is 4. The van der Waals surface area contributed by atoms with E-state index >= 15 is 0 Å². The van der Waals surface area contributed by atoms with E-state index in [1.165, 1.54) is 75.2 Å². The number of ketones is 4. The molecule has 2 fully saturated rings. The molecule has 0 aliphatic heterocycles. The first-order chi connectivity index (χ1) is 29.6. The molecule has 2 aromatic rings. The van der Waals surface area contributed by atoms with Gasteiger partial charge >= 0.3 is 0 Å². The summed E-state index contributed by atoms with van der Waals surface area (Å²) in [6, 6.07) is 4.26. The quantitative estimate of drug-likeness (QED) is 0.176. The van der Waals surface area contributed by atoms with E-state index in [-0.39, 0.29) is 40.1 Å². The first-order valence-electron chi connectivity index (χ1n) is 19.7. The molecule has 10 atom stereocenters. The number of benzene rings is 2. The summed E-state index contributed by atoms with van der Waals surface area (Å²) in [4.78, 5) is 79.8. The second kappa shape index (κ2) is 15.0. The van der Waals surface area contributed by atoms with Gasteiger partial charge in [0.05, 0.1) is 34.9 Å². The molecule has 0 spiro atoms. The topological polar surface area (TPSA) is 363 Å². The number of halogens is 1. The molecule has 21 heteroatoms. The van der Waals surface area contributed by atoms with Gasteiger partial charge in [-0.2, -0.15) is 0 Å². The average Bonchev–Trinajstić information content (AvgIpc) is 3.19. The summed E-state index contributed by atoms with van der Waals surface area (Å²) in [6.07, 6.45) is -1.90. The molecule has 0 heterocycles. The zero-order valence-corrected chi connectivity index (χ0v) is 35.4. The second-order valence-corrected chi connectivity index (χ2v) is 17.8. The minimum atomic E-state index is -2.77. The Morgan fingerprint density at radius 2 is 1.14 bits per heavy atom. The highest BCUT2D eigenvalue weighted by Gasteiger charge is 2.67. The molecule has 6 aliphatic rings. The predicted octanol–water partition coefficient (Wildman–Crippen LogP) is -0.263. The summed E-state index contributed by atoms with van der Waals surface area (Å²) in [5.74, 6) is -16.1. The monoisotopic (exact) mass is 908 g/mol. The molecule has 0 aromatic heterocycles. The van der Waals surface area contributed by atoms with Gasteiger partial charge in [0.1, 0.15) is 45.7 Å². The highest BCUT2D eigenvalue weighted by Crippen LogP contribution is 2.59. The van der Waals surface area contributed by atoms with Crippen molar-refractivity contribution >= 4 is 58.1 Å². The van der Waals surface area contributed by atoms with Gasteiger partial charge in [-0.1, -0.05) is 23.7 Å². The highest BCUT2D eigenvalue weighted by molar-refractivity contribution is 6.32. The van der Waals surface area contributed by atoms with Crippen LogP contribution in [0.15, 0.2) is 64.1 Å². The number of carbonyl (C=O) groups excluding carboxylic acids is 6. The van der Waals surface area contributed by atoms with E-state index in [2.05, 4.69) is 0 Å². The highest BCUT2D eigenvalue weighted by atomic mass is 35.5. The number of nitrogens with two attached hydrogens (primary N) is 2. The third kappa shape index (κ3) is 5.90. The fourth-order valence-electron chi connectivity index (χ4n) is 10.7. The van der Waals surface area contributed by atoms with Gasteiger partial charge in [0.2, 0.25) is 11.6 Å². The summed E-state index contributed by atoms with van der Waals surface area (Å²) >= 11 is 6.19. The molecule has 2 saturated carbocycles. The van der Waals surface area contributed by atoms with E-state index < -0.39 is 150 Å². The van der Waals surface area contributed by atoms with Crippen molar-refractivity contribution in [3.63, 3.8) is 0 Å². The van der Waals surface area contributed by atoms with E-state index in [9.17, 15) is 79.8 Å². The maximum atomic E-state index is 13.7. The van der Waals surface area contributed by atoms with Crippen molar-refractivity contribution in [2.45, 2.75) is 54.8 Å². The first-order valence-corrected chi connectivity index (χ1v) is 20.0. The SMILES string of the molecule is CN(C)[C@@H]1C(=O)C(C(N)=O)=C(O)[C@@]2(O)C(=O)C3=C(O)c4c(O)ccc(Cl)c4[C@@H](O)[C@H]3C[C@@H]12.CN(C)[C@@H]1C(=O)C(C(N)=O)=C(O)[C@@]2(O)C(=O)C3=C(O)c4c(O)cccc4[C@@](C)(O)[C@H]3C[C@@H]12. The van der Waals surface area contributed by atoms with Crippen LogP contribution in [0.2, 0.25) is 5.02 Å². The second-order valence-electron chi connectivity index (χ2n) is 17.4. The number of primary amides is 2. The molecule has 0 bridgehead atoms. The zero-order valence-electron chi connectivity index (χ0n) is 34.7. The maximum absolute atomic E-state index is 13.7. The number of rotatable bonds is 4. The van der Waals surface area contributed by atoms with Gasteiger partial charge in [0.15, 0.2) is 22.8 Å². The molecule has 2 aromatic carbocycles. The Morgan fingerprint density at radius 3 is 1.62 bits per heavy atom. The van der Waals surface area contributed by atoms with Crippen molar-refractivity contribution in [1.82, 2.24) is 9.80 Å². The Bertz CT molecular complexity index is 2670. The molecule has 0 unspecified atom stereocenters. The Labute approximate surface area is 367 Å². The van der Waals surface area contributed by atoms with Gasteiger partial charge in [-0.15, -0.1) is 0 Å².